The molecule has 156 valence electrons. The number of hydrogen-bond donors (Lipinski definition) is 2. The summed E-state index contributed by atoms with van der Waals surface area (Å²) in [5.41, 5.74) is 2.32. The largest absolute Gasteiger partial charge is 0.490 e. The van der Waals surface area contributed by atoms with Gasteiger partial charge in [0.25, 0.3) is 0 Å². The summed E-state index contributed by atoms with van der Waals surface area (Å²) in [7, 11) is 1.78. The van der Waals surface area contributed by atoms with Crippen LogP contribution in [0.1, 0.15) is 44.1 Å². The van der Waals surface area contributed by atoms with E-state index in [4.69, 9.17) is 4.74 Å². The summed E-state index contributed by atoms with van der Waals surface area (Å²) in [4.78, 5) is 4.30. The molecule has 1 aromatic carbocycles. The zero-order valence-electron chi connectivity index (χ0n) is 17.5. The smallest absolute Gasteiger partial charge is 0.191 e. The highest BCUT2D eigenvalue weighted by Gasteiger charge is 2.09. The Kier molecular flexibility index (Phi) is 10.9. The van der Waals surface area contributed by atoms with Crippen molar-refractivity contribution in [2.45, 2.75) is 59.7 Å². The van der Waals surface area contributed by atoms with Crippen LogP contribution in [-0.2, 0) is 19.5 Å². The second kappa shape index (κ2) is 12.6. The fourth-order valence-electron chi connectivity index (χ4n) is 2.65. The quantitative estimate of drug-likeness (QED) is 0.314. The van der Waals surface area contributed by atoms with Crippen molar-refractivity contribution in [3.8, 4) is 5.75 Å². The predicted molar refractivity (Wildman–Crippen MR) is 125 cm³/mol. The minimum absolute atomic E-state index is 0. The minimum Gasteiger partial charge on any atom is -0.490 e. The number of nitrogens with one attached hydrogen (secondary N) is 2. The van der Waals surface area contributed by atoms with E-state index in [-0.39, 0.29) is 30.1 Å². The number of hydrogen-bond acceptors (Lipinski definition) is 4. The Balaban J connectivity index is 0.00000392. The highest BCUT2D eigenvalue weighted by molar-refractivity contribution is 14.0. The fourth-order valence-corrected chi connectivity index (χ4v) is 2.65. The zero-order valence-corrected chi connectivity index (χ0v) is 19.9. The van der Waals surface area contributed by atoms with Crippen molar-refractivity contribution in [3.63, 3.8) is 0 Å². The highest BCUT2D eigenvalue weighted by Crippen LogP contribution is 2.22. The number of halogens is 1. The van der Waals surface area contributed by atoms with Gasteiger partial charge in [0, 0.05) is 38.7 Å². The van der Waals surface area contributed by atoms with Gasteiger partial charge in [0.2, 0.25) is 0 Å². The second-order valence-electron chi connectivity index (χ2n) is 6.59. The maximum Gasteiger partial charge on any atom is 0.191 e. The van der Waals surface area contributed by atoms with Gasteiger partial charge in [-0.25, -0.2) is 0 Å². The van der Waals surface area contributed by atoms with Gasteiger partial charge in [0.05, 0.1) is 6.10 Å². The number of aliphatic imine (C=N–C) groups is 1. The summed E-state index contributed by atoms with van der Waals surface area (Å²) in [6.45, 7) is 10.6. The number of aromatic nitrogens is 3. The predicted octanol–water partition coefficient (Wildman–Crippen LogP) is 3.31. The Labute approximate surface area is 185 Å². The summed E-state index contributed by atoms with van der Waals surface area (Å²) < 4.78 is 8.13. The number of nitrogens with zero attached hydrogens (tertiary/aromatic N) is 4. The van der Waals surface area contributed by atoms with Crippen LogP contribution in [0.4, 0.5) is 0 Å². The summed E-state index contributed by atoms with van der Waals surface area (Å²) >= 11 is 0. The molecule has 0 aliphatic rings. The molecule has 0 radical (unpaired) electrons. The standard InChI is InChI=1S/C20H32N6O.HI/c1-6-16(4)27-18-12-15(3)8-9-17(18)13-23-20(21-5)22-10-11-26-14-24-25-19(26)7-2;/h8-9,12,14,16H,6-7,10-11,13H2,1-5H3,(H2,21,22,23);1H. The molecule has 2 N–H and O–H groups in total. The van der Waals surface area contributed by atoms with Gasteiger partial charge in [0.15, 0.2) is 5.96 Å². The first-order valence-electron chi connectivity index (χ1n) is 9.64. The lowest BCUT2D eigenvalue weighted by Gasteiger charge is -2.18. The minimum atomic E-state index is 0. The third-order valence-corrected chi connectivity index (χ3v) is 4.45. The molecule has 1 atom stereocenters. The lowest BCUT2D eigenvalue weighted by atomic mass is 10.1. The monoisotopic (exact) mass is 500 g/mol. The highest BCUT2D eigenvalue weighted by atomic mass is 127. The van der Waals surface area contributed by atoms with Crippen LogP contribution >= 0.6 is 24.0 Å². The van der Waals surface area contributed by atoms with Crippen LogP contribution in [-0.4, -0.2) is 40.4 Å². The van der Waals surface area contributed by atoms with E-state index >= 15 is 0 Å². The molecular weight excluding hydrogens is 467 g/mol. The molecule has 1 heterocycles. The van der Waals surface area contributed by atoms with E-state index in [1.807, 2.05) is 0 Å². The van der Waals surface area contributed by atoms with Gasteiger partial charge in [-0.3, -0.25) is 4.99 Å². The van der Waals surface area contributed by atoms with Crippen LogP contribution in [0.25, 0.3) is 0 Å². The third kappa shape index (κ3) is 7.29. The Hall–Kier alpha value is -1.84. The van der Waals surface area contributed by atoms with Gasteiger partial charge in [0.1, 0.15) is 17.9 Å². The molecule has 1 unspecified atom stereocenters. The first-order valence-corrected chi connectivity index (χ1v) is 9.64. The molecule has 0 aliphatic carbocycles. The fraction of sp³-hybridized carbons (Fsp3) is 0.550. The Morgan fingerprint density at radius 3 is 2.75 bits per heavy atom. The maximum absolute atomic E-state index is 6.08. The van der Waals surface area contributed by atoms with Crippen LogP contribution in [0.3, 0.4) is 0 Å². The van der Waals surface area contributed by atoms with Crippen molar-refractivity contribution >= 4 is 29.9 Å². The van der Waals surface area contributed by atoms with E-state index in [1.165, 1.54) is 5.56 Å². The SMILES string of the molecule is CCc1nncn1CCNC(=NC)NCc1ccc(C)cc1OC(C)CC.I. The van der Waals surface area contributed by atoms with Crippen molar-refractivity contribution in [2.75, 3.05) is 13.6 Å². The molecular formula is C20H33IN6O. The molecule has 1 aromatic heterocycles. The first-order chi connectivity index (χ1) is 13.1. The van der Waals surface area contributed by atoms with E-state index in [9.17, 15) is 0 Å². The van der Waals surface area contributed by atoms with Crippen molar-refractivity contribution in [1.29, 1.82) is 0 Å². The number of rotatable bonds is 9. The van der Waals surface area contributed by atoms with Gasteiger partial charge in [-0.1, -0.05) is 26.0 Å². The van der Waals surface area contributed by atoms with E-state index in [1.54, 1.807) is 13.4 Å². The zero-order chi connectivity index (χ0) is 19.6. The van der Waals surface area contributed by atoms with Gasteiger partial charge in [-0.05, 0) is 31.9 Å². The van der Waals surface area contributed by atoms with Crippen LogP contribution in [0.5, 0.6) is 5.75 Å². The molecule has 0 aliphatic heterocycles. The number of benzene rings is 1. The molecule has 0 fully saturated rings. The summed E-state index contributed by atoms with van der Waals surface area (Å²) in [5, 5.41) is 14.8. The molecule has 2 rings (SSSR count). The van der Waals surface area contributed by atoms with Crippen LogP contribution < -0.4 is 15.4 Å². The normalized spacial score (nSPS) is 12.2. The van der Waals surface area contributed by atoms with E-state index < -0.39 is 0 Å². The maximum atomic E-state index is 6.08. The molecule has 0 saturated carbocycles. The lowest BCUT2D eigenvalue weighted by molar-refractivity contribution is 0.215. The molecule has 7 nitrogen and oxygen atoms in total. The Bertz CT molecular complexity index is 746. The average molecular weight is 500 g/mol. The van der Waals surface area contributed by atoms with E-state index in [0.29, 0.717) is 6.54 Å². The second-order valence-corrected chi connectivity index (χ2v) is 6.59. The lowest BCUT2D eigenvalue weighted by Crippen LogP contribution is -2.38. The van der Waals surface area contributed by atoms with E-state index in [2.05, 4.69) is 76.3 Å². The molecule has 8 heteroatoms. The van der Waals surface area contributed by atoms with Gasteiger partial charge in [-0.15, -0.1) is 34.2 Å². The average Bonchev–Trinajstić information content (AvgIpc) is 3.13. The summed E-state index contributed by atoms with van der Waals surface area (Å²) in [5.74, 6) is 2.69. The Morgan fingerprint density at radius 2 is 2.07 bits per heavy atom. The molecule has 0 saturated heterocycles. The van der Waals surface area contributed by atoms with Crippen LogP contribution in [0.2, 0.25) is 0 Å². The first kappa shape index (κ1) is 24.2. The van der Waals surface area contributed by atoms with Gasteiger partial charge >= 0.3 is 0 Å². The van der Waals surface area contributed by atoms with Crippen molar-refractivity contribution in [2.24, 2.45) is 4.99 Å². The van der Waals surface area contributed by atoms with Crippen molar-refractivity contribution in [3.05, 3.63) is 41.5 Å². The topological polar surface area (TPSA) is 76.4 Å². The molecule has 0 amide bonds. The number of ether oxygens (including phenoxy) is 1. The van der Waals surface area contributed by atoms with Crippen molar-refractivity contribution < 1.29 is 4.74 Å². The van der Waals surface area contributed by atoms with Crippen LogP contribution in [0.15, 0.2) is 29.5 Å². The van der Waals surface area contributed by atoms with Gasteiger partial charge in [-0.2, -0.15) is 0 Å². The number of guanidine groups is 1. The molecule has 0 bridgehead atoms. The Morgan fingerprint density at radius 1 is 1.29 bits per heavy atom. The summed E-state index contributed by atoms with van der Waals surface area (Å²) in [6.07, 6.45) is 3.81. The van der Waals surface area contributed by atoms with E-state index in [0.717, 1.165) is 49.0 Å². The van der Waals surface area contributed by atoms with Gasteiger partial charge < -0.3 is 19.9 Å². The third-order valence-electron chi connectivity index (χ3n) is 4.45. The van der Waals surface area contributed by atoms with Crippen LogP contribution in [0, 0.1) is 6.92 Å². The molecule has 28 heavy (non-hydrogen) atoms. The molecule has 0 spiro atoms. The number of aryl methyl sites for hydroxylation is 2. The van der Waals surface area contributed by atoms with Crippen molar-refractivity contribution in [1.82, 2.24) is 25.4 Å². The molecule has 2 aromatic rings. The summed E-state index contributed by atoms with van der Waals surface area (Å²) in [6, 6.07) is 6.31.